The number of amides is 3. The number of carbonyl (C=O) groups excluding carboxylic acids is 3. The van der Waals surface area contributed by atoms with Crippen LogP contribution in [0.25, 0.3) is 0 Å². The van der Waals surface area contributed by atoms with Crippen molar-refractivity contribution in [3.63, 3.8) is 0 Å². The van der Waals surface area contributed by atoms with Crippen molar-refractivity contribution in [1.29, 1.82) is 0 Å². The largest absolute Gasteiger partial charge is 0.480 e. The van der Waals surface area contributed by atoms with Crippen molar-refractivity contribution in [3.8, 4) is 0 Å². The summed E-state index contributed by atoms with van der Waals surface area (Å²) < 4.78 is 0. The number of hydrogen-bond donors (Lipinski definition) is 4. The maximum atomic E-state index is 12.0. The summed E-state index contributed by atoms with van der Waals surface area (Å²) >= 11 is 0. The fraction of sp³-hybridized carbons (Fsp3) is 0.417. The first kappa shape index (κ1) is 15.6. The molecule has 1 aliphatic heterocycles. The lowest BCUT2D eigenvalue weighted by Crippen LogP contribution is -2.53. The molecule has 1 fully saturated rings. The van der Waals surface area contributed by atoms with E-state index in [1.54, 1.807) is 0 Å². The summed E-state index contributed by atoms with van der Waals surface area (Å²) in [6.45, 7) is 1.23. The van der Waals surface area contributed by atoms with Crippen LogP contribution in [0.2, 0.25) is 0 Å². The molecule has 1 aromatic rings. The minimum absolute atomic E-state index is 0.0111. The molecule has 10 nitrogen and oxygen atoms in total. The van der Waals surface area contributed by atoms with Gasteiger partial charge in [0.25, 0.3) is 5.91 Å². The Morgan fingerprint density at radius 2 is 2.27 bits per heavy atom. The van der Waals surface area contributed by atoms with Gasteiger partial charge in [0.2, 0.25) is 11.8 Å². The van der Waals surface area contributed by atoms with Crippen LogP contribution in [-0.4, -0.2) is 55.9 Å². The van der Waals surface area contributed by atoms with Gasteiger partial charge in [-0.2, -0.15) is 0 Å². The number of carboxylic acids is 1. The van der Waals surface area contributed by atoms with Crippen LogP contribution in [0.15, 0.2) is 12.5 Å². The van der Waals surface area contributed by atoms with E-state index < -0.39 is 35.8 Å². The number of imide groups is 1. The van der Waals surface area contributed by atoms with Crippen LogP contribution < -0.4 is 10.7 Å². The predicted octanol–water partition coefficient (Wildman–Crippen LogP) is -1.83. The SMILES string of the molecule is CC(=O)N[C@H]1CC(=O)N(N[C@@H](Cc2cnc[nH]2)C(=O)O)C1=O. The molecule has 0 spiro atoms. The van der Waals surface area contributed by atoms with Crippen molar-refractivity contribution in [2.75, 3.05) is 0 Å². The molecule has 0 radical (unpaired) electrons. The van der Waals surface area contributed by atoms with Crippen molar-refractivity contribution in [1.82, 2.24) is 25.7 Å². The van der Waals surface area contributed by atoms with Crippen LogP contribution in [0.4, 0.5) is 0 Å². The van der Waals surface area contributed by atoms with Crippen LogP contribution >= 0.6 is 0 Å². The fourth-order valence-corrected chi connectivity index (χ4v) is 2.09. The highest BCUT2D eigenvalue weighted by Crippen LogP contribution is 2.12. The van der Waals surface area contributed by atoms with Gasteiger partial charge < -0.3 is 15.4 Å². The Kier molecular flexibility index (Phi) is 4.51. The number of nitrogens with one attached hydrogen (secondary N) is 3. The molecule has 4 N–H and O–H groups in total. The molecule has 0 unspecified atom stereocenters. The van der Waals surface area contributed by atoms with Gasteiger partial charge in [-0.25, -0.2) is 15.4 Å². The quantitative estimate of drug-likeness (QED) is 0.452. The lowest BCUT2D eigenvalue weighted by atomic mass is 10.2. The minimum Gasteiger partial charge on any atom is -0.480 e. The molecule has 10 heteroatoms. The summed E-state index contributed by atoms with van der Waals surface area (Å²) in [5, 5.41) is 12.2. The van der Waals surface area contributed by atoms with Gasteiger partial charge >= 0.3 is 5.97 Å². The number of H-pyrrole nitrogens is 1. The highest BCUT2D eigenvalue weighted by atomic mass is 16.4. The van der Waals surface area contributed by atoms with Crippen molar-refractivity contribution < 1.29 is 24.3 Å². The van der Waals surface area contributed by atoms with E-state index in [4.69, 9.17) is 0 Å². The Hall–Kier alpha value is -2.75. The van der Waals surface area contributed by atoms with E-state index in [9.17, 15) is 24.3 Å². The van der Waals surface area contributed by atoms with E-state index in [0.717, 1.165) is 0 Å². The van der Waals surface area contributed by atoms with Crippen molar-refractivity contribution >= 4 is 23.7 Å². The van der Waals surface area contributed by atoms with Crippen LogP contribution in [0.3, 0.4) is 0 Å². The molecule has 0 saturated carbocycles. The van der Waals surface area contributed by atoms with E-state index in [0.29, 0.717) is 10.7 Å². The van der Waals surface area contributed by atoms with Crippen LogP contribution in [-0.2, 0) is 25.6 Å². The summed E-state index contributed by atoms with van der Waals surface area (Å²) in [5.41, 5.74) is 2.93. The van der Waals surface area contributed by atoms with Gasteiger partial charge in [0.05, 0.1) is 12.7 Å². The molecular weight excluding hydrogens is 294 g/mol. The monoisotopic (exact) mass is 309 g/mol. The zero-order valence-corrected chi connectivity index (χ0v) is 11.7. The molecule has 0 aliphatic carbocycles. The second kappa shape index (κ2) is 6.35. The minimum atomic E-state index is -1.22. The number of imidazole rings is 1. The summed E-state index contributed by atoms with van der Waals surface area (Å²) in [4.78, 5) is 52.6. The number of hydrazine groups is 1. The van der Waals surface area contributed by atoms with Gasteiger partial charge in [-0.1, -0.05) is 0 Å². The normalized spacial score (nSPS) is 19.3. The van der Waals surface area contributed by atoms with Crippen LogP contribution in [0.5, 0.6) is 0 Å². The molecular formula is C12H15N5O5. The highest BCUT2D eigenvalue weighted by molar-refractivity contribution is 6.06. The van der Waals surface area contributed by atoms with Crippen LogP contribution in [0, 0.1) is 0 Å². The predicted molar refractivity (Wildman–Crippen MR) is 70.9 cm³/mol. The number of carboxylic acid groups (broad SMARTS) is 1. The van der Waals surface area contributed by atoms with E-state index in [2.05, 4.69) is 20.7 Å². The first-order chi connectivity index (χ1) is 10.4. The smallest absolute Gasteiger partial charge is 0.322 e. The Morgan fingerprint density at radius 3 is 2.82 bits per heavy atom. The molecule has 1 saturated heterocycles. The lowest BCUT2D eigenvalue weighted by Gasteiger charge is -2.21. The summed E-state index contributed by atoms with van der Waals surface area (Å²) in [7, 11) is 0. The number of hydrogen-bond acceptors (Lipinski definition) is 6. The Labute approximate surface area is 124 Å². The number of aliphatic carboxylic acids is 1. The molecule has 1 aliphatic rings. The summed E-state index contributed by atoms with van der Waals surface area (Å²) in [6.07, 6.45) is 2.65. The van der Waals surface area contributed by atoms with E-state index in [-0.39, 0.29) is 12.8 Å². The zero-order valence-electron chi connectivity index (χ0n) is 11.7. The lowest BCUT2D eigenvalue weighted by molar-refractivity contribution is -0.148. The molecule has 3 amide bonds. The standard InChI is InChI=1S/C12H15N5O5/c1-6(18)15-8-3-10(19)17(11(8)20)16-9(12(21)22)2-7-4-13-5-14-7/h4-5,8-9,16H,2-3H2,1H3,(H,13,14)(H,15,18)(H,21,22)/t8-,9-/m0/s1. The van der Waals surface area contributed by atoms with E-state index in [1.165, 1.54) is 19.4 Å². The summed E-state index contributed by atoms with van der Waals surface area (Å²) in [5.74, 6) is -2.95. The molecule has 22 heavy (non-hydrogen) atoms. The average Bonchev–Trinajstić information content (AvgIpc) is 3.01. The van der Waals surface area contributed by atoms with Gasteiger partial charge in [0, 0.05) is 25.2 Å². The third-order valence-electron chi connectivity index (χ3n) is 3.09. The van der Waals surface area contributed by atoms with Crippen molar-refractivity contribution in [3.05, 3.63) is 18.2 Å². The second-order valence-corrected chi connectivity index (χ2v) is 4.83. The first-order valence-corrected chi connectivity index (χ1v) is 6.48. The number of aromatic nitrogens is 2. The van der Waals surface area contributed by atoms with E-state index >= 15 is 0 Å². The van der Waals surface area contributed by atoms with Crippen molar-refractivity contribution in [2.45, 2.75) is 31.8 Å². The molecule has 2 heterocycles. The van der Waals surface area contributed by atoms with E-state index in [1.807, 2.05) is 0 Å². The topological polar surface area (TPSA) is 144 Å². The molecule has 0 bridgehead atoms. The fourth-order valence-electron chi connectivity index (χ4n) is 2.09. The third kappa shape index (κ3) is 3.47. The Bertz CT molecular complexity index is 599. The summed E-state index contributed by atoms with van der Waals surface area (Å²) in [6, 6.07) is -2.16. The number of carbonyl (C=O) groups is 4. The third-order valence-corrected chi connectivity index (χ3v) is 3.09. The first-order valence-electron chi connectivity index (χ1n) is 6.48. The van der Waals surface area contributed by atoms with Gasteiger partial charge in [-0.15, -0.1) is 0 Å². The molecule has 1 aromatic heterocycles. The maximum Gasteiger partial charge on any atom is 0.322 e. The number of rotatable bonds is 6. The molecule has 2 rings (SSSR count). The zero-order chi connectivity index (χ0) is 16.3. The molecule has 0 aromatic carbocycles. The van der Waals surface area contributed by atoms with Gasteiger partial charge in [-0.05, 0) is 0 Å². The average molecular weight is 309 g/mol. The van der Waals surface area contributed by atoms with Crippen molar-refractivity contribution in [2.24, 2.45) is 0 Å². The van der Waals surface area contributed by atoms with Crippen LogP contribution in [0.1, 0.15) is 19.0 Å². The Balaban J connectivity index is 2.06. The van der Waals surface area contributed by atoms with Gasteiger partial charge in [0.15, 0.2) is 0 Å². The second-order valence-electron chi connectivity index (χ2n) is 4.83. The van der Waals surface area contributed by atoms with Gasteiger partial charge in [-0.3, -0.25) is 19.2 Å². The number of aromatic amines is 1. The molecule has 118 valence electrons. The maximum absolute atomic E-state index is 12.0. The van der Waals surface area contributed by atoms with Gasteiger partial charge in [0.1, 0.15) is 12.1 Å². The molecule has 2 atom stereocenters. The Morgan fingerprint density at radius 1 is 1.55 bits per heavy atom. The highest BCUT2D eigenvalue weighted by Gasteiger charge is 2.41. The number of nitrogens with zero attached hydrogens (tertiary/aromatic N) is 2.